The first-order valence-corrected chi connectivity index (χ1v) is 3.40. The molecule has 0 unspecified atom stereocenters. The van der Waals surface area contributed by atoms with Gasteiger partial charge >= 0.3 is 0 Å². The molecule has 2 rings (SSSR count). The highest BCUT2D eigenvalue weighted by atomic mass is 16.3. The third kappa shape index (κ3) is 0.852. The minimum Gasteiger partial charge on any atom is -0.504 e. The monoisotopic (exact) mass is 162 g/mol. The van der Waals surface area contributed by atoms with Crippen molar-refractivity contribution in [3.8, 4) is 11.5 Å². The Balaban J connectivity index is 2.91. The summed E-state index contributed by atoms with van der Waals surface area (Å²) in [7, 11) is 0. The van der Waals surface area contributed by atoms with Crippen LogP contribution in [0.3, 0.4) is 0 Å². The van der Waals surface area contributed by atoms with E-state index in [0.717, 1.165) is 0 Å². The van der Waals surface area contributed by atoms with Crippen LogP contribution in [-0.2, 0) is 0 Å². The average molecular weight is 162 g/mol. The maximum absolute atomic E-state index is 9.31. The molecule has 4 nitrogen and oxygen atoms in total. The van der Waals surface area contributed by atoms with Crippen molar-refractivity contribution >= 4 is 11.0 Å². The third-order valence-corrected chi connectivity index (χ3v) is 1.59. The molecular weight excluding hydrogens is 156 g/mol. The summed E-state index contributed by atoms with van der Waals surface area (Å²) in [4.78, 5) is 7.82. The average Bonchev–Trinajstić information content (AvgIpc) is 2.12. The van der Waals surface area contributed by atoms with Gasteiger partial charge in [0.15, 0.2) is 11.5 Å². The standard InChI is InChI=1S/C8H6N2O2/c11-6-2-1-5-7(8(6)12)10-4-3-9-5/h1-4,11-12H. The van der Waals surface area contributed by atoms with Crippen LogP contribution in [0.5, 0.6) is 11.5 Å². The van der Waals surface area contributed by atoms with Gasteiger partial charge in [-0.3, -0.25) is 4.98 Å². The van der Waals surface area contributed by atoms with E-state index in [1.807, 2.05) is 0 Å². The van der Waals surface area contributed by atoms with Gasteiger partial charge in [-0.25, -0.2) is 4.98 Å². The van der Waals surface area contributed by atoms with E-state index >= 15 is 0 Å². The lowest BCUT2D eigenvalue weighted by Crippen LogP contribution is -1.82. The first-order valence-electron chi connectivity index (χ1n) is 3.40. The summed E-state index contributed by atoms with van der Waals surface area (Å²) in [5, 5.41) is 18.4. The molecule has 0 radical (unpaired) electrons. The molecule has 0 bridgehead atoms. The molecule has 1 heterocycles. The van der Waals surface area contributed by atoms with Crippen LogP contribution in [-0.4, -0.2) is 20.2 Å². The zero-order valence-electron chi connectivity index (χ0n) is 6.10. The summed E-state index contributed by atoms with van der Waals surface area (Å²) in [6, 6.07) is 2.98. The number of aromatic nitrogens is 2. The molecule has 0 fully saturated rings. The molecule has 0 spiro atoms. The number of hydrogen-bond donors (Lipinski definition) is 2. The molecule has 0 saturated heterocycles. The Labute approximate surface area is 68.1 Å². The van der Waals surface area contributed by atoms with Crippen molar-refractivity contribution in [3.63, 3.8) is 0 Å². The lowest BCUT2D eigenvalue weighted by molar-refractivity contribution is 0.407. The van der Waals surface area contributed by atoms with Gasteiger partial charge in [0.2, 0.25) is 0 Å². The topological polar surface area (TPSA) is 66.2 Å². The fourth-order valence-electron chi connectivity index (χ4n) is 1.01. The largest absolute Gasteiger partial charge is 0.504 e. The summed E-state index contributed by atoms with van der Waals surface area (Å²) < 4.78 is 0. The lowest BCUT2D eigenvalue weighted by atomic mass is 10.2. The second-order valence-corrected chi connectivity index (χ2v) is 2.36. The minimum atomic E-state index is -0.222. The smallest absolute Gasteiger partial charge is 0.185 e. The van der Waals surface area contributed by atoms with Crippen molar-refractivity contribution in [2.45, 2.75) is 0 Å². The van der Waals surface area contributed by atoms with Crippen LogP contribution >= 0.6 is 0 Å². The number of nitrogens with zero attached hydrogens (tertiary/aromatic N) is 2. The predicted molar refractivity (Wildman–Crippen MR) is 42.9 cm³/mol. The van der Waals surface area contributed by atoms with Crippen LogP contribution in [0.25, 0.3) is 11.0 Å². The van der Waals surface area contributed by atoms with Crippen LogP contribution in [0, 0.1) is 0 Å². The molecule has 0 aliphatic rings. The molecule has 1 aromatic carbocycles. The normalized spacial score (nSPS) is 10.3. The SMILES string of the molecule is Oc1ccc2nccnc2c1O. The van der Waals surface area contributed by atoms with E-state index in [2.05, 4.69) is 9.97 Å². The summed E-state index contributed by atoms with van der Waals surface area (Å²) >= 11 is 0. The van der Waals surface area contributed by atoms with Crippen molar-refractivity contribution in [2.75, 3.05) is 0 Å². The van der Waals surface area contributed by atoms with Gasteiger partial charge in [0.1, 0.15) is 5.52 Å². The lowest BCUT2D eigenvalue weighted by Gasteiger charge is -1.99. The summed E-state index contributed by atoms with van der Waals surface area (Å²) in [6.45, 7) is 0. The predicted octanol–water partition coefficient (Wildman–Crippen LogP) is 1.04. The Hall–Kier alpha value is -1.84. The number of fused-ring (bicyclic) bond motifs is 1. The number of phenols is 2. The van der Waals surface area contributed by atoms with Gasteiger partial charge in [-0.15, -0.1) is 0 Å². The number of benzene rings is 1. The molecule has 0 amide bonds. The molecule has 4 heteroatoms. The summed E-state index contributed by atoms with van der Waals surface area (Å²) in [6.07, 6.45) is 2.99. The quantitative estimate of drug-likeness (QED) is 0.568. The molecule has 60 valence electrons. The summed E-state index contributed by atoms with van der Waals surface area (Å²) in [5.74, 6) is -0.399. The second kappa shape index (κ2) is 2.34. The number of phenolic OH excluding ortho intramolecular Hbond substituents is 2. The van der Waals surface area contributed by atoms with Crippen molar-refractivity contribution in [1.82, 2.24) is 9.97 Å². The number of aromatic hydroxyl groups is 2. The van der Waals surface area contributed by atoms with Gasteiger partial charge in [0.05, 0.1) is 5.52 Å². The van der Waals surface area contributed by atoms with Crippen molar-refractivity contribution < 1.29 is 10.2 Å². The van der Waals surface area contributed by atoms with Crippen LogP contribution in [0.4, 0.5) is 0 Å². The molecular formula is C8H6N2O2. The Morgan fingerprint density at radius 1 is 1.00 bits per heavy atom. The van der Waals surface area contributed by atoms with Gasteiger partial charge in [0, 0.05) is 12.4 Å². The highest BCUT2D eigenvalue weighted by Crippen LogP contribution is 2.30. The Kier molecular flexibility index (Phi) is 1.33. The highest BCUT2D eigenvalue weighted by Gasteiger charge is 2.05. The fourth-order valence-corrected chi connectivity index (χ4v) is 1.01. The van der Waals surface area contributed by atoms with E-state index in [0.29, 0.717) is 11.0 Å². The molecule has 0 saturated carbocycles. The fraction of sp³-hybridized carbons (Fsp3) is 0. The summed E-state index contributed by atoms with van der Waals surface area (Å²) in [5.41, 5.74) is 0.880. The Bertz CT molecular complexity index is 428. The van der Waals surface area contributed by atoms with E-state index in [9.17, 15) is 5.11 Å². The van der Waals surface area contributed by atoms with E-state index in [1.165, 1.54) is 18.5 Å². The van der Waals surface area contributed by atoms with Crippen molar-refractivity contribution in [1.29, 1.82) is 0 Å². The maximum atomic E-state index is 9.31. The molecule has 0 aliphatic carbocycles. The molecule has 12 heavy (non-hydrogen) atoms. The molecule has 2 aromatic rings. The molecule has 1 aromatic heterocycles. The van der Waals surface area contributed by atoms with Crippen LogP contribution in [0.2, 0.25) is 0 Å². The Morgan fingerprint density at radius 2 is 1.75 bits per heavy atom. The number of hydrogen-bond acceptors (Lipinski definition) is 4. The minimum absolute atomic E-state index is 0.178. The molecule has 0 aliphatic heterocycles. The van der Waals surface area contributed by atoms with E-state index in [1.54, 1.807) is 6.07 Å². The zero-order chi connectivity index (χ0) is 8.55. The molecule has 2 N–H and O–H groups in total. The van der Waals surface area contributed by atoms with Crippen LogP contribution in [0.1, 0.15) is 0 Å². The Morgan fingerprint density at radius 3 is 2.58 bits per heavy atom. The third-order valence-electron chi connectivity index (χ3n) is 1.59. The zero-order valence-corrected chi connectivity index (χ0v) is 6.10. The van der Waals surface area contributed by atoms with Crippen molar-refractivity contribution in [2.24, 2.45) is 0 Å². The van der Waals surface area contributed by atoms with Crippen molar-refractivity contribution in [3.05, 3.63) is 24.5 Å². The van der Waals surface area contributed by atoms with Gasteiger partial charge in [-0.2, -0.15) is 0 Å². The first-order chi connectivity index (χ1) is 5.79. The van der Waals surface area contributed by atoms with Gasteiger partial charge < -0.3 is 10.2 Å². The number of rotatable bonds is 0. The van der Waals surface area contributed by atoms with Gasteiger partial charge in [0.25, 0.3) is 0 Å². The van der Waals surface area contributed by atoms with Crippen LogP contribution < -0.4 is 0 Å². The highest BCUT2D eigenvalue weighted by molar-refractivity contribution is 5.82. The molecule has 0 atom stereocenters. The second-order valence-electron chi connectivity index (χ2n) is 2.36. The van der Waals surface area contributed by atoms with Crippen LogP contribution in [0.15, 0.2) is 24.5 Å². The van der Waals surface area contributed by atoms with E-state index < -0.39 is 0 Å². The van der Waals surface area contributed by atoms with E-state index in [-0.39, 0.29) is 11.5 Å². The van der Waals surface area contributed by atoms with Gasteiger partial charge in [-0.05, 0) is 12.1 Å². The van der Waals surface area contributed by atoms with E-state index in [4.69, 9.17) is 5.11 Å². The first kappa shape index (κ1) is 6.84. The maximum Gasteiger partial charge on any atom is 0.185 e. The van der Waals surface area contributed by atoms with Gasteiger partial charge in [-0.1, -0.05) is 0 Å².